The van der Waals surface area contributed by atoms with Crippen LogP contribution in [0.5, 0.6) is 0 Å². The number of carbonyl (C=O) groups excluding carboxylic acids is 3. The highest BCUT2D eigenvalue weighted by atomic mass is 16.2. The molecule has 33 heavy (non-hydrogen) atoms. The van der Waals surface area contributed by atoms with Crippen LogP contribution >= 0.6 is 0 Å². The molecule has 0 radical (unpaired) electrons. The number of nitrogens with one attached hydrogen (secondary N) is 2. The van der Waals surface area contributed by atoms with Crippen molar-refractivity contribution in [2.75, 3.05) is 16.8 Å². The summed E-state index contributed by atoms with van der Waals surface area (Å²) in [6.07, 6.45) is 1.63. The zero-order valence-corrected chi connectivity index (χ0v) is 18.6. The minimum absolute atomic E-state index is 0.136. The van der Waals surface area contributed by atoms with Crippen LogP contribution in [0.15, 0.2) is 78.9 Å². The first-order chi connectivity index (χ1) is 16.0. The number of para-hydroxylation sites is 1. The lowest BCUT2D eigenvalue weighted by molar-refractivity contribution is -0.117. The minimum atomic E-state index is -0.248. The molecule has 0 aliphatic carbocycles. The van der Waals surface area contributed by atoms with Gasteiger partial charge in [-0.25, -0.2) is 0 Å². The van der Waals surface area contributed by atoms with E-state index >= 15 is 0 Å². The lowest BCUT2D eigenvalue weighted by Crippen LogP contribution is -2.28. The molecule has 1 unspecified atom stereocenters. The average molecular weight is 442 g/mol. The fraction of sp³-hybridized carbons (Fsp3) is 0.222. The van der Waals surface area contributed by atoms with Crippen LogP contribution in [-0.4, -0.2) is 24.3 Å². The summed E-state index contributed by atoms with van der Waals surface area (Å²) in [5.41, 5.74) is 3.58. The molecule has 2 N–H and O–H groups in total. The topological polar surface area (TPSA) is 78.5 Å². The van der Waals surface area contributed by atoms with E-state index in [1.807, 2.05) is 61.5 Å². The second-order valence-electron chi connectivity index (χ2n) is 8.19. The first-order valence-corrected chi connectivity index (χ1v) is 11.2. The number of hydrogen-bond acceptors (Lipinski definition) is 3. The second-order valence-corrected chi connectivity index (χ2v) is 8.19. The zero-order valence-electron chi connectivity index (χ0n) is 18.6. The summed E-state index contributed by atoms with van der Waals surface area (Å²) in [6.45, 7) is 2.66. The Hall–Kier alpha value is -3.93. The van der Waals surface area contributed by atoms with E-state index in [1.165, 1.54) is 0 Å². The van der Waals surface area contributed by atoms with Gasteiger partial charge in [0.1, 0.15) is 0 Å². The second kappa shape index (κ2) is 10.1. The van der Waals surface area contributed by atoms with E-state index in [-0.39, 0.29) is 30.2 Å². The van der Waals surface area contributed by atoms with E-state index < -0.39 is 0 Å². The van der Waals surface area contributed by atoms with Gasteiger partial charge in [0.15, 0.2) is 0 Å². The first-order valence-electron chi connectivity index (χ1n) is 11.2. The zero-order chi connectivity index (χ0) is 23.2. The Kier molecular flexibility index (Phi) is 6.83. The molecule has 1 heterocycles. The Morgan fingerprint density at radius 1 is 0.939 bits per heavy atom. The molecule has 1 saturated heterocycles. The predicted octanol–water partition coefficient (Wildman–Crippen LogP) is 4.49. The normalized spacial score (nSPS) is 14.1. The van der Waals surface area contributed by atoms with Gasteiger partial charge in [-0.15, -0.1) is 0 Å². The van der Waals surface area contributed by atoms with Crippen molar-refractivity contribution in [3.8, 4) is 0 Å². The number of nitrogens with zero attached hydrogens (tertiary/aromatic N) is 1. The average Bonchev–Trinajstić information content (AvgIpc) is 3.26. The Balaban J connectivity index is 1.39. The SMILES string of the molecule is CC(NC(=O)c1ccccc1NC(=O)Cc1ccc(N2CCCC2=O)cc1)c1ccccc1. The van der Waals surface area contributed by atoms with Crippen molar-refractivity contribution in [2.45, 2.75) is 32.2 Å². The van der Waals surface area contributed by atoms with Gasteiger partial charge in [0.2, 0.25) is 11.8 Å². The van der Waals surface area contributed by atoms with E-state index in [0.717, 1.165) is 29.8 Å². The molecular formula is C27H27N3O3. The highest BCUT2D eigenvalue weighted by Gasteiger charge is 2.21. The number of hydrogen-bond donors (Lipinski definition) is 2. The van der Waals surface area contributed by atoms with Gasteiger partial charge in [0.25, 0.3) is 5.91 Å². The van der Waals surface area contributed by atoms with E-state index in [1.54, 1.807) is 29.2 Å². The van der Waals surface area contributed by atoms with E-state index in [9.17, 15) is 14.4 Å². The molecule has 1 aliphatic heterocycles. The van der Waals surface area contributed by atoms with Crippen molar-refractivity contribution in [3.63, 3.8) is 0 Å². The maximum Gasteiger partial charge on any atom is 0.253 e. The molecule has 0 spiro atoms. The molecule has 6 nitrogen and oxygen atoms in total. The van der Waals surface area contributed by atoms with Crippen molar-refractivity contribution in [3.05, 3.63) is 95.6 Å². The van der Waals surface area contributed by atoms with E-state index in [4.69, 9.17) is 0 Å². The molecular weight excluding hydrogens is 414 g/mol. The minimum Gasteiger partial charge on any atom is -0.345 e. The van der Waals surface area contributed by atoms with Gasteiger partial charge in [0.05, 0.1) is 23.7 Å². The molecule has 1 fully saturated rings. The monoisotopic (exact) mass is 441 g/mol. The molecule has 0 aromatic heterocycles. The van der Waals surface area contributed by atoms with Crippen LogP contribution in [0, 0.1) is 0 Å². The largest absolute Gasteiger partial charge is 0.345 e. The van der Waals surface area contributed by atoms with Crippen LogP contribution in [0.3, 0.4) is 0 Å². The Morgan fingerprint density at radius 2 is 1.64 bits per heavy atom. The summed E-state index contributed by atoms with van der Waals surface area (Å²) in [4.78, 5) is 39.2. The summed E-state index contributed by atoms with van der Waals surface area (Å²) >= 11 is 0. The summed E-state index contributed by atoms with van der Waals surface area (Å²) in [5.74, 6) is -0.324. The quantitative estimate of drug-likeness (QED) is 0.567. The maximum absolute atomic E-state index is 12.9. The number of anilines is 2. The molecule has 1 aliphatic rings. The van der Waals surface area contributed by atoms with Gasteiger partial charge in [-0.1, -0.05) is 54.6 Å². The van der Waals surface area contributed by atoms with Crippen molar-refractivity contribution < 1.29 is 14.4 Å². The third-order valence-electron chi connectivity index (χ3n) is 5.78. The van der Waals surface area contributed by atoms with Crippen LogP contribution in [0.25, 0.3) is 0 Å². The third-order valence-corrected chi connectivity index (χ3v) is 5.78. The lowest BCUT2D eigenvalue weighted by atomic mass is 10.1. The molecule has 0 bridgehead atoms. The van der Waals surface area contributed by atoms with E-state index in [2.05, 4.69) is 10.6 Å². The molecule has 6 heteroatoms. The fourth-order valence-electron chi connectivity index (χ4n) is 3.98. The van der Waals surface area contributed by atoms with Crippen LogP contribution in [0.4, 0.5) is 11.4 Å². The molecule has 0 saturated carbocycles. The molecule has 3 amide bonds. The van der Waals surface area contributed by atoms with Gasteiger partial charge >= 0.3 is 0 Å². The van der Waals surface area contributed by atoms with Crippen LogP contribution in [-0.2, 0) is 16.0 Å². The highest BCUT2D eigenvalue weighted by Crippen LogP contribution is 2.22. The third kappa shape index (κ3) is 5.47. The van der Waals surface area contributed by atoms with Gasteiger partial charge in [0, 0.05) is 18.7 Å². The van der Waals surface area contributed by atoms with Crippen molar-refractivity contribution in [1.82, 2.24) is 5.32 Å². The Bertz CT molecular complexity index is 1140. The summed E-state index contributed by atoms with van der Waals surface area (Å²) in [6, 6.07) is 24.0. The first kappa shape index (κ1) is 22.3. The Morgan fingerprint density at radius 3 is 2.33 bits per heavy atom. The van der Waals surface area contributed by atoms with Gasteiger partial charge in [-0.05, 0) is 48.7 Å². The van der Waals surface area contributed by atoms with Crippen LogP contribution in [0.2, 0.25) is 0 Å². The van der Waals surface area contributed by atoms with Gasteiger partial charge < -0.3 is 15.5 Å². The van der Waals surface area contributed by atoms with Gasteiger partial charge in [-0.3, -0.25) is 14.4 Å². The molecule has 3 aromatic rings. The molecule has 168 valence electrons. The predicted molar refractivity (Wildman–Crippen MR) is 129 cm³/mol. The molecule has 4 rings (SSSR count). The molecule has 3 aromatic carbocycles. The smallest absolute Gasteiger partial charge is 0.253 e. The lowest BCUT2D eigenvalue weighted by Gasteiger charge is -2.17. The van der Waals surface area contributed by atoms with Crippen molar-refractivity contribution in [2.24, 2.45) is 0 Å². The van der Waals surface area contributed by atoms with Gasteiger partial charge in [-0.2, -0.15) is 0 Å². The Labute approximate surface area is 193 Å². The summed E-state index contributed by atoms with van der Waals surface area (Å²) in [7, 11) is 0. The standard InChI is InChI=1S/C27H27N3O3/c1-19(21-8-3-2-4-9-21)28-27(33)23-10-5-6-11-24(23)29-25(31)18-20-13-15-22(16-14-20)30-17-7-12-26(30)32/h2-6,8-11,13-16,19H,7,12,17-18H2,1H3,(H,28,33)(H,29,31). The summed E-state index contributed by atoms with van der Waals surface area (Å²) in [5, 5.41) is 5.86. The molecule has 1 atom stereocenters. The number of amides is 3. The fourth-order valence-corrected chi connectivity index (χ4v) is 3.98. The van der Waals surface area contributed by atoms with Crippen LogP contribution in [0.1, 0.15) is 47.3 Å². The van der Waals surface area contributed by atoms with Crippen molar-refractivity contribution in [1.29, 1.82) is 0 Å². The van der Waals surface area contributed by atoms with E-state index in [0.29, 0.717) is 17.7 Å². The number of benzene rings is 3. The number of rotatable bonds is 7. The maximum atomic E-state index is 12.9. The van der Waals surface area contributed by atoms with Crippen molar-refractivity contribution >= 4 is 29.1 Å². The van der Waals surface area contributed by atoms with Crippen LogP contribution < -0.4 is 15.5 Å². The highest BCUT2D eigenvalue weighted by molar-refractivity contribution is 6.04. The number of carbonyl (C=O) groups is 3. The summed E-state index contributed by atoms with van der Waals surface area (Å²) < 4.78 is 0.